The highest BCUT2D eigenvalue weighted by molar-refractivity contribution is 7.89. The van der Waals surface area contributed by atoms with E-state index in [0.717, 1.165) is 37.1 Å². The average Bonchev–Trinajstić information content (AvgIpc) is 3.86. The predicted molar refractivity (Wildman–Crippen MR) is 185 cm³/mol. The molecular weight excluding hydrogens is 672 g/mol. The van der Waals surface area contributed by atoms with Crippen LogP contribution in [-0.2, 0) is 20.7 Å². The number of likely N-dealkylation sites (tertiary alicyclic amines) is 1. The number of nitrogens with one attached hydrogen (secondary N) is 2. The smallest absolute Gasteiger partial charge is 0.298 e. The summed E-state index contributed by atoms with van der Waals surface area (Å²) in [5, 5.41) is 5.14. The van der Waals surface area contributed by atoms with Crippen molar-refractivity contribution in [2.45, 2.75) is 48.6 Å². The van der Waals surface area contributed by atoms with Gasteiger partial charge in [-0.15, -0.1) is 0 Å². The van der Waals surface area contributed by atoms with Gasteiger partial charge in [0.25, 0.3) is 5.92 Å². The molecule has 8 nitrogen and oxygen atoms in total. The number of benzene rings is 4. The van der Waals surface area contributed by atoms with Gasteiger partial charge in [-0.2, -0.15) is 13.5 Å². The van der Waals surface area contributed by atoms with Crippen LogP contribution in [0.5, 0.6) is 11.5 Å². The number of carbonyl (C=O) groups excluding carboxylic acids is 1. The van der Waals surface area contributed by atoms with E-state index in [4.69, 9.17) is 21.1 Å². The SMILES string of the molecule is COc1cc(C(F)(F)C(NS(=O)(=O)c2ccc3cc(OC4CCCC4)ccc3c2)C(=O)N2C[C@H]3CNC[C@H]3C2)ccc1-c1ccc(Cl)cc1. The maximum absolute atomic E-state index is 16.8. The van der Waals surface area contributed by atoms with Gasteiger partial charge >= 0.3 is 0 Å². The molecule has 1 amide bonds. The number of carbonyl (C=O) groups is 1. The summed E-state index contributed by atoms with van der Waals surface area (Å²) in [5.41, 5.74) is 0.669. The third kappa shape index (κ3) is 6.86. The molecule has 0 aromatic heterocycles. The van der Waals surface area contributed by atoms with Crippen molar-refractivity contribution in [1.29, 1.82) is 0 Å². The molecule has 258 valence electrons. The molecule has 12 heteroatoms. The van der Waals surface area contributed by atoms with Crippen molar-refractivity contribution in [2.24, 2.45) is 11.8 Å². The zero-order valence-corrected chi connectivity index (χ0v) is 28.6. The first-order valence-electron chi connectivity index (χ1n) is 16.6. The lowest BCUT2D eigenvalue weighted by Crippen LogP contribution is -2.56. The lowest BCUT2D eigenvalue weighted by Gasteiger charge is -2.31. The molecule has 1 saturated carbocycles. The minimum atomic E-state index is -4.60. The van der Waals surface area contributed by atoms with E-state index in [1.54, 1.807) is 42.5 Å². The Morgan fingerprint density at radius 1 is 0.939 bits per heavy atom. The molecule has 1 aliphatic carbocycles. The van der Waals surface area contributed by atoms with Crippen molar-refractivity contribution >= 4 is 38.3 Å². The number of ether oxygens (including phenoxy) is 2. The van der Waals surface area contributed by atoms with Crippen molar-refractivity contribution in [3.63, 3.8) is 0 Å². The highest BCUT2D eigenvalue weighted by atomic mass is 35.5. The largest absolute Gasteiger partial charge is 0.496 e. The second kappa shape index (κ2) is 13.5. The molecule has 7 rings (SSSR count). The van der Waals surface area contributed by atoms with E-state index >= 15 is 8.78 Å². The number of halogens is 3. The summed E-state index contributed by atoms with van der Waals surface area (Å²) in [6.07, 6.45) is 4.43. The first kappa shape index (κ1) is 33.7. The van der Waals surface area contributed by atoms with Gasteiger partial charge in [-0.3, -0.25) is 4.79 Å². The molecule has 2 N–H and O–H groups in total. The molecule has 2 saturated heterocycles. The Labute approximate surface area is 289 Å². The van der Waals surface area contributed by atoms with Gasteiger partial charge in [0, 0.05) is 42.3 Å². The van der Waals surface area contributed by atoms with Crippen molar-refractivity contribution in [2.75, 3.05) is 33.3 Å². The van der Waals surface area contributed by atoms with Crippen LogP contribution in [0.1, 0.15) is 31.2 Å². The van der Waals surface area contributed by atoms with E-state index < -0.39 is 33.5 Å². The minimum Gasteiger partial charge on any atom is -0.496 e. The summed E-state index contributed by atoms with van der Waals surface area (Å²) in [7, 11) is -3.24. The predicted octanol–water partition coefficient (Wildman–Crippen LogP) is 6.61. The van der Waals surface area contributed by atoms with E-state index in [2.05, 4.69) is 10.0 Å². The summed E-state index contributed by atoms with van der Waals surface area (Å²) in [6, 6.07) is 18.0. The molecule has 0 radical (unpaired) electrons. The number of sulfonamides is 1. The summed E-state index contributed by atoms with van der Waals surface area (Å²) in [4.78, 5) is 15.2. The van der Waals surface area contributed by atoms with Crippen molar-refractivity contribution < 1.29 is 31.5 Å². The van der Waals surface area contributed by atoms with Crippen LogP contribution in [0.2, 0.25) is 5.02 Å². The molecule has 3 fully saturated rings. The van der Waals surface area contributed by atoms with Crippen LogP contribution < -0.4 is 19.5 Å². The van der Waals surface area contributed by atoms with Gasteiger partial charge in [0.15, 0.2) is 6.04 Å². The van der Waals surface area contributed by atoms with Gasteiger partial charge in [0.2, 0.25) is 15.9 Å². The molecule has 3 aliphatic rings. The summed E-state index contributed by atoms with van der Waals surface area (Å²) in [6.45, 7) is 1.89. The Kier molecular flexibility index (Phi) is 9.29. The second-order valence-electron chi connectivity index (χ2n) is 13.2. The fourth-order valence-electron chi connectivity index (χ4n) is 7.29. The molecule has 4 aromatic carbocycles. The lowest BCUT2D eigenvalue weighted by atomic mass is 9.96. The van der Waals surface area contributed by atoms with Gasteiger partial charge in [-0.25, -0.2) is 8.42 Å². The number of hydrogen-bond donors (Lipinski definition) is 2. The highest BCUT2D eigenvalue weighted by Crippen LogP contribution is 2.40. The second-order valence-corrected chi connectivity index (χ2v) is 15.4. The molecule has 2 heterocycles. The summed E-state index contributed by atoms with van der Waals surface area (Å²) >= 11 is 6.04. The number of fused-ring (bicyclic) bond motifs is 2. The number of hydrogen-bond acceptors (Lipinski definition) is 6. The Hall–Kier alpha value is -3.77. The van der Waals surface area contributed by atoms with Crippen LogP contribution in [0.3, 0.4) is 0 Å². The van der Waals surface area contributed by atoms with E-state index in [0.29, 0.717) is 40.4 Å². The monoisotopic (exact) mass is 709 g/mol. The number of rotatable bonds is 10. The van der Waals surface area contributed by atoms with Crippen molar-refractivity contribution in [1.82, 2.24) is 14.9 Å². The molecule has 2 aliphatic heterocycles. The molecule has 0 spiro atoms. The Balaban J connectivity index is 1.21. The van der Waals surface area contributed by atoms with Gasteiger partial charge in [-0.1, -0.05) is 48.0 Å². The molecule has 0 bridgehead atoms. The zero-order valence-electron chi connectivity index (χ0n) is 27.0. The third-order valence-corrected chi connectivity index (χ3v) is 11.7. The van der Waals surface area contributed by atoms with Gasteiger partial charge in [0.1, 0.15) is 11.5 Å². The number of nitrogens with zero attached hydrogens (tertiary/aromatic N) is 1. The first-order valence-corrected chi connectivity index (χ1v) is 18.4. The molecule has 1 unspecified atom stereocenters. The number of alkyl halides is 2. The Bertz CT molecular complexity index is 1960. The molecule has 4 aromatic rings. The third-order valence-electron chi connectivity index (χ3n) is 10.0. The number of methoxy groups -OCH3 is 1. The van der Waals surface area contributed by atoms with Gasteiger partial charge in [0.05, 0.1) is 18.1 Å². The fourth-order valence-corrected chi connectivity index (χ4v) is 8.65. The van der Waals surface area contributed by atoms with Crippen molar-refractivity contribution in [3.8, 4) is 22.6 Å². The van der Waals surface area contributed by atoms with Gasteiger partial charge in [-0.05, 0) is 96.3 Å². The Morgan fingerprint density at radius 2 is 1.61 bits per heavy atom. The quantitative estimate of drug-likeness (QED) is 0.193. The summed E-state index contributed by atoms with van der Waals surface area (Å²) < 4.78 is 75.0. The first-order chi connectivity index (χ1) is 23.5. The maximum atomic E-state index is 16.8. The maximum Gasteiger partial charge on any atom is 0.298 e. The molecule has 49 heavy (non-hydrogen) atoms. The fraction of sp³-hybridized carbons (Fsp3) is 0.378. The van der Waals surface area contributed by atoms with Crippen LogP contribution in [0.15, 0.2) is 83.8 Å². The van der Waals surface area contributed by atoms with Crippen LogP contribution >= 0.6 is 11.6 Å². The van der Waals surface area contributed by atoms with E-state index in [9.17, 15) is 13.2 Å². The van der Waals surface area contributed by atoms with E-state index in [1.807, 2.05) is 6.07 Å². The van der Waals surface area contributed by atoms with Gasteiger partial charge < -0.3 is 19.7 Å². The average molecular weight is 710 g/mol. The van der Waals surface area contributed by atoms with Crippen LogP contribution in [-0.4, -0.2) is 64.7 Å². The molecular formula is C37H38ClF2N3O5S. The van der Waals surface area contributed by atoms with Crippen LogP contribution in [0.4, 0.5) is 8.78 Å². The Morgan fingerprint density at radius 3 is 2.31 bits per heavy atom. The van der Waals surface area contributed by atoms with Crippen LogP contribution in [0.25, 0.3) is 21.9 Å². The molecule has 3 atom stereocenters. The number of amides is 1. The highest BCUT2D eigenvalue weighted by Gasteiger charge is 2.52. The van der Waals surface area contributed by atoms with E-state index in [-0.39, 0.29) is 41.7 Å². The standard InChI is InChI=1S/C37H38ClF2N3O5S/c1-47-34-18-28(10-15-33(34)23-6-11-29(38)12-7-23)37(39,40)35(36(44)43-21-26-19-41-20-27(26)22-43)42-49(45,46)32-14-9-24-16-31(13-8-25(24)17-32)48-30-4-2-3-5-30/h6-18,26-27,30,35,41-42H,2-5,19-22H2,1H3/t26-,27+,35?. The zero-order chi connectivity index (χ0) is 34.3. The van der Waals surface area contributed by atoms with E-state index in [1.165, 1.54) is 36.3 Å². The normalized spacial score (nSPS) is 20.4. The van der Waals surface area contributed by atoms with Crippen molar-refractivity contribution in [3.05, 3.63) is 89.4 Å². The minimum absolute atomic E-state index is 0.122. The topological polar surface area (TPSA) is 97.0 Å². The summed E-state index contributed by atoms with van der Waals surface area (Å²) in [5.74, 6) is -3.84. The lowest BCUT2D eigenvalue weighted by molar-refractivity contribution is -0.143. The van der Waals surface area contributed by atoms with Crippen LogP contribution in [0, 0.1) is 11.8 Å².